The summed E-state index contributed by atoms with van der Waals surface area (Å²) in [5.41, 5.74) is 0.986. The van der Waals surface area contributed by atoms with E-state index in [4.69, 9.17) is 9.84 Å². The molecule has 0 saturated carbocycles. The van der Waals surface area contributed by atoms with Gasteiger partial charge in [0.15, 0.2) is 6.61 Å². The van der Waals surface area contributed by atoms with Gasteiger partial charge in [0.05, 0.1) is 0 Å². The van der Waals surface area contributed by atoms with Crippen LogP contribution in [-0.4, -0.2) is 30.1 Å². The highest BCUT2D eigenvalue weighted by atomic mass is 79.9. The van der Waals surface area contributed by atoms with Gasteiger partial charge in [-0.1, -0.05) is 29.8 Å². The summed E-state index contributed by atoms with van der Waals surface area (Å²) in [5.74, 6) is -0.654. The zero-order chi connectivity index (χ0) is 14.4. The van der Waals surface area contributed by atoms with Crippen LogP contribution in [0.1, 0.15) is 25.3 Å². The maximum absolute atomic E-state index is 11.4. The van der Waals surface area contributed by atoms with Crippen molar-refractivity contribution in [3.63, 3.8) is 0 Å². The highest BCUT2D eigenvalue weighted by molar-refractivity contribution is 9.10. The van der Waals surface area contributed by atoms with Crippen LogP contribution in [0.5, 0.6) is 5.75 Å². The Balaban J connectivity index is 2.62. The SMILES string of the molecule is CC(C)c1cc(Br)ccc1OCC(=O)NCC(=O)O. The van der Waals surface area contributed by atoms with Crippen molar-refractivity contribution in [3.05, 3.63) is 28.2 Å². The van der Waals surface area contributed by atoms with Crippen molar-refractivity contribution in [2.75, 3.05) is 13.2 Å². The number of halogens is 1. The number of carboxylic acid groups (broad SMARTS) is 1. The van der Waals surface area contributed by atoms with E-state index in [9.17, 15) is 9.59 Å². The highest BCUT2D eigenvalue weighted by Gasteiger charge is 2.11. The van der Waals surface area contributed by atoms with Gasteiger partial charge in [-0.05, 0) is 29.7 Å². The van der Waals surface area contributed by atoms with Gasteiger partial charge >= 0.3 is 5.97 Å². The van der Waals surface area contributed by atoms with Gasteiger partial charge in [0.25, 0.3) is 5.91 Å². The van der Waals surface area contributed by atoms with Gasteiger partial charge in [0.2, 0.25) is 0 Å². The van der Waals surface area contributed by atoms with Crippen molar-refractivity contribution in [2.24, 2.45) is 0 Å². The van der Waals surface area contributed by atoms with Gasteiger partial charge in [0, 0.05) is 4.47 Å². The smallest absolute Gasteiger partial charge is 0.322 e. The van der Waals surface area contributed by atoms with E-state index < -0.39 is 18.4 Å². The van der Waals surface area contributed by atoms with E-state index in [0.29, 0.717) is 5.75 Å². The molecule has 104 valence electrons. The molecule has 0 saturated heterocycles. The zero-order valence-corrected chi connectivity index (χ0v) is 12.4. The second-order valence-corrected chi connectivity index (χ2v) is 5.21. The first-order chi connectivity index (χ1) is 8.90. The Morgan fingerprint density at radius 2 is 2.11 bits per heavy atom. The molecule has 0 aliphatic rings. The highest BCUT2D eigenvalue weighted by Crippen LogP contribution is 2.29. The van der Waals surface area contributed by atoms with E-state index in [0.717, 1.165) is 10.0 Å². The number of ether oxygens (including phenoxy) is 1. The monoisotopic (exact) mass is 329 g/mol. The molecule has 0 unspecified atom stereocenters. The predicted molar refractivity (Wildman–Crippen MR) is 74.4 cm³/mol. The van der Waals surface area contributed by atoms with Gasteiger partial charge in [0.1, 0.15) is 12.3 Å². The first kappa shape index (κ1) is 15.5. The number of aliphatic carboxylic acids is 1. The van der Waals surface area contributed by atoms with Crippen LogP contribution in [0.15, 0.2) is 22.7 Å². The third-order valence-corrected chi connectivity index (χ3v) is 2.88. The molecular weight excluding hydrogens is 314 g/mol. The van der Waals surface area contributed by atoms with Crippen molar-refractivity contribution >= 4 is 27.8 Å². The number of nitrogens with one attached hydrogen (secondary N) is 1. The number of carboxylic acids is 1. The molecule has 0 fully saturated rings. The minimum Gasteiger partial charge on any atom is -0.483 e. The molecule has 6 heteroatoms. The summed E-state index contributed by atoms with van der Waals surface area (Å²) in [4.78, 5) is 21.7. The van der Waals surface area contributed by atoms with Crippen LogP contribution in [0, 0.1) is 0 Å². The Bertz CT molecular complexity index is 474. The Hall–Kier alpha value is -1.56. The molecule has 5 nitrogen and oxygen atoms in total. The molecule has 0 aromatic heterocycles. The molecule has 0 aliphatic carbocycles. The summed E-state index contributed by atoms with van der Waals surface area (Å²) < 4.78 is 6.37. The fourth-order valence-corrected chi connectivity index (χ4v) is 1.85. The largest absolute Gasteiger partial charge is 0.483 e. The van der Waals surface area contributed by atoms with Crippen LogP contribution in [0.25, 0.3) is 0 Å². The third kappa shape index (κ3) is 5.30. The number of carbonyl (C=O) groups excluding carboxylic acids is 1. The van der Waals surface area contributed by atoms with E-state index >= 15 is 0 Å². The molecule has 19 heavy (non-hydrogen) atoms. The maximum Gasteiger partial charge on any atom is 0.322 e. The average Bonchev–Trinajstić information content (AvgIpc) is 2.34. The lowest BCUT2D eigenvalue weighted by Crippen LogP contribution is -2.33. The van der Waals surface area contributed by atoms with Gasteiger partial charge in [-0.3, -0.25) is 9.59 Å². The van der Waals surface area contributed by atoms with E-state index in [1.165, 1.54) is 0 Å². The van der Waals surface area contributed by atoms with Crippen molar-refractivity contribution in [3.8, 4) is 5.75 Å². The van der Waals surface area contributed by atoms with Crippen LogP contribution in [0.3, 0.4) is 0 Å². The fraction of sp³-hybridized carbons (Fsp3) is 0.385. The number of amides is 1. The minimum absolute atomic E-state index is 0.200. The number of carbonyl (C=O) groups is 2. The topological polar surface area (TPSA) is 75.6 Å². The average molecular weight is 330 g/mol. The normalized spacial score (nSPS) is 10.3. The first-order valence-corrected chi connectivity index (χ1v) is 6.60. The Labute approximate surface area is 120 Å². The van der Waals surface area contributed by atoms with Gasteiger partial charge in [-0.25, -0.2) is 0 Å². The van der Waals surface area contributed by atoms with E-state index in [2.05, 4.69) is 21.2 Å². The van der Waals surface area contributed by atoms with E-state index in [1.807, 2.05) is 26.0 Å². The molecule has 0 heterocycles. The fourth-order valence-electron chi connectivity index (χ4n) is 1.47. The Morgan fingerprint density at radius 3 is 2.68 bits per heavy atom. The van der Waals surface area contributed by atoms with Crippen molar-refractivity contribution < 1.29 is 19.4 Å². The molecule has 1 amide bonds. The van der Waals surface area contributed by atoms with E-state index in [1.54, 1.807) is 6.07 Å². The van der Waals surface area contributed by atoms with Gasteiger partial charge < -0.3 is 15.2 Å². The number of rotatable bonds is 6. The summed E-state index contributed by atoms with van der Waals surface area (Å²) in [7, 11) is 0. The molecule has 2 N–H and O–H groups in total. The molecule has 0 radical (unpaired) electrons. The van der Waals surface area contributed by atoms with Gasteiger partial charge in [-0.2, -0.15) is 0 Å². The van der Waals surface area contributed by atoms with Crippen molar-refractivity contribution in [1.29, 1.82) is 0 Å². The molecule has 0 atom stereocenters. The maximum atomic E-state index is 11.4. The summed E-state index contributed by atoms with van der Waals surface area (Å²) in [5, 5.41) is 10.7. The van der Waals surface area contributed by atoms with Crippen LogP contribution in [0.2, 0.25) is 0 Å². The van der Waals surface area contributed by atoms with Crippen LogP contribution in [-0.2, 0) is 9.59 Å². The molecule has 1 rings (SSSR count). The standard InChI is InChI=1S/C13H16BrNO4/c1-8(2)10-5-9(14)3-4-11(10)19-7-12(16)15-6-13(17)18/h3-5,8H,6-7H2,1-2H3,(H,15,16)(H,17,18). The first-order valence-electron chi connectivity index (χ1n) is 5.81. The minimum atomic E-state index is -1.08. The van der Waals surface area contributed by atoms with Crippen LogP contribution in [0.4, 0.5) is 0 Å². The quantitative estimate of drug-likeness (QED) is 0.838. The van der Waals surface area contributed by atoms with Crippen LogP contribution >= 0.6 is 15.9 Å². The molecule has 1 aromatic carbocycles. The molecule has 0 aliphatic heterocycles. The molecular formula is C13H16BrNO4. The third-order valence-electron chi connectivity index (χ3n) is 2.39. The lowest BCUT2D eigenvalue weighted by atomic mass is 10.0. The second-order valence-electron chi connectivity index (χ2n) is 4.30. The van der Waals surface area contributed by atoms with Crippen LogP contribution < -0.4 is 10.1 Å². The molecule has 1 aromatic rings. The van der Waals surface area contributed by atoms with Gasteiger partial charge in [-0.15, -0.1) is 0 Å². The van der Waals surface area contributed by atoms with Crippen molar-refractivity contribution in [2.45, 2.75) is 19.8 Å². The Kier molecular flexibility index (Phi) is 5.82. The second kappa shape index (κ2) is 7.13. The summed E-state index contributed by atoms with van der Waals surface area (Å²) >= 11 is 3.39. The summed E-state index contributed by atoms with van der Waals surface area (Å²) in [6.45, 7) is 3.45. The zero-order valence-electron chi connectivity index (χ0n) is 10.8. The van der Waals surface area contributed by atoms with E-state index in [-0.39, 0.29) is 12.5 Å². The summed E-state index contributed by atoms with van der Waals surface area (Å²) in [6, 6.07) is 5.55. The lowest BCUT2D eigenvalue weighted by molar-refractivity contribution is -0.138. The Morgan fingerprint density at radius 1 is 1.42 bits per heavy atom. The lowest BCUT2D eigenvalue weighted by Gasteiger charge is -2.14. The summed E-state index contributed by atoms with van der Waals surface area (Å²) in [6.07, 6.45) is 0. The number of hydrogen-bond acceptors (Lipinski definition) is 3. The predicted octanol–water partition coefficient (Wildman–Crippen LogP) is 2.15. The number of benzene rings is 1. The van der Waals surface area contributed by atoms with Crippen molar-refractivity contribution in [1.82, 2.24) is 5.32 Å². The molecule has 0 spiro atoms. The number of hydrogen-bond donors (Lipinski definition) is 2. The molecule has 0 bridgehead atoms.